The molecule has 3 aromatic rings. The normalized spacial score (nSPS) is 12.8. The molecule has 1 N–H and O–H groups in total. The van der Waals surface area contributed by atoms with Crippen LogP contribution in [-0.2, 0) is 0 Å². The average Bonchev–Trinajstić information content (AvgIpc) is 2.60. The molecule has 0 amide bonds. The van der Waals surface area contributed by atoms with Gasteiger partial charge in [0.15, 0.2) is 5.43 Å². The van der Waals surface area contributed by atoms with E-state index in [-0.39, 0.29) is 18.0 Å². The second kappa shape index (κ2) is 7.54. The Morgan fingerprint density at radius 3 is 2.64 bits per heavy atom. The molecular weight excluding hydrogens is 332 g/mol. The molecule has 1 unspecified atom stereocenters. The Bertz CT molecular complexity index is 943. The molecule has 0 saturated heterocycles. The molecule has 132 valence electrons. The third-order valence-electron chi connectivity index (χ3n) is 4.37. The van der Waals surface area contributed by atoms with Gasteiger partial charge in [-0.25, -0.2) is 0 Å². The van der Waals surface area contributed by atoms with Crippen LogP contribution in [0.5, 0.6) is 5.75 Å². The molecule has 0 spiro atoms. The molecule has 0 aliphatic heterocycles. The molecule has 0 bridgehead atoms. The highest BCUT2D eigenvalue weighted by atomic mass is 32.1. The first-order chi connectivity index (χ1) is 12.0. The van der Waals surface area contributed by atoms with Crippen molar-refractivity contribution in [3.05, 3.63) is 52.2 Å². The quantitative estimate of drug-likeness (QED) is 0.627. The number of benzene rings is 2. The van der Waals surface area contributed by atoms with Crippen LogP contribution in [0.25, 0.3) is 20.2 Å². The highest BCUT2D eigenvalue weighted by Gasteiger charge is 2.14. The fraction of sp³-hybridized carbons (Fsp3) is 0.381. The summed E-state index contributed by atoms with van der Waals surface area (Å²) < 4.78 is 7.84. The zero-order valence-corrected chi connectivity index (χ0v) is 15.7. The predicted octanol–water partition coefficient (Wildman–Crippen LogP) is 5.08. The first-order valence-corrected chi connectivity index (χ1v) is 9.63. The molecule has 3 rings (SSSR count). The minimum Gasteiger partial charge on any atom is -0.491 e. The van der Waals surface area contributed by atoms with Crippen LogP contribution in [-0.4, -0.2) is 17.8 Å². The van der Waals surface area contributed by atoms with Gasteiger partial charge in [0.25, 0.3) is 0 Å². The van der Waals surface area contributed by atoms with Crippen LogP contribution in [0.1, 0.15) is 45.1 Å². The fourth-order valence-electron chi connectivity index (χ4n) is 3.03. The van der Waals surface area contributed by atoms with E-state index in [1.165, 1.54) is 0 Å². The number of ether oxygens (including phenoxy) is 1. The van der Waals surface area contributed by atoms with E-state index in [4.69, 9.17) is 4.74 Å². The summed E-state index contributed by atoms with van der Waals surface area (Å²) in [5, 5.41) is 11.4. The Kier molecular flexibility index (Phi) is 5.40. The summed E-state index contributed by atoms with van der Waals surface area (Å²) in [6.07, 6.45) is 1.15. The van der Waals surface area contributed by atoms with E-state index in [0.717, 1.165) is 26.8 Å². The van der Waals surface area contributed by atoms with Crippen molar-refractivity contribution in [1.82, 2.24) is 0 Å². The van der Waals surface area contributed by atoms with E-state index < -0.39 is 6.10 Å². The second-order valence-corrected chi connectivity index (χ2v) is 7.78. The van der Waals surface area contributed by atoms with E-state index in [1.54, 1.807) is 11.3 Å². The van der Waals surface area contributed by atoms with Gasteiger partial charge in [-0.2, -0.15) is 0 Å². The molecule has 1 heterocycles. The average molecular weight is 356 g/mol. The standard InChI is InChI=1S/C21H24O3S/c1-4-7-14(22)12-24-15-10-17(13(2)3)21-18(11-15)20(23)16-8-5-6-9-19(16)25-21/h5-6,8-11,13-14,22H,4,7,12H2,1-3H3. The lowest BCUT2D eigenvalue weighted by Crippen LogP contribution is -2.17. The van der Waals surface area contributed by atoms with Gasteiger partial charge in [-0.3, -0.25) is 4.79 Å². The topological polar surface area (TPSA) is 46.5 Å². The molecule has 0 fully saturated rings. The minimum absolute atomic E-state index is 0.0470. The molecule has 0 aliphatic carbocycles. The number of rotatable bonds is 6. The maximum atomic E-state index is 13.0. The number of hydrogen-bond acceptors (Lipinski definition) is 4. The van der Waals surface area contributed by atoms with E-state index in [9.17, 15) is 9.90 Å². The van der Waals surface area contributed by atoms with Crippen molar-refractivity contribution in [3.63, 3.8) is 0 Å². The van der Waals surface area contributed by atoms with Gasteiger partial charge < -0.3 is 9.84 Å². The largest absolute Gasteiger partial charge is 0.491 e. The summed E-state index contributed by atoms with van der Waals surface area (Å²) in [4.78, 5) is 13.0. The number of aliphatic hydroxyl groups excluding tert-OH is 1. The molecule has 0 aliphatic rings. The van der Waals surface area contributed by atoms with Gasteiger partial charge in [0.2, 0.25) is 0 Å². The Labute approximate surface area is 151 Å². The highest BCUT2D eigenvalue weighted by molar-refractivity contribution is 7.24. The molecule has 3 nitrogen and oxygen atoms in total. The van der Waals surface area contributed by atoms with Crippen molar-refractivity contribution < 1.29 is 9.84 Å². The van der Waals surface area contributed by atoms with Gasteiger partial charge in [-0.15, -0.1) is 11.3 Å². The maximum Gasteiger partial charge on any atom is 0.196 e. The summed E-state index contributed by atoms with van der Waals surface area (Å²) in [6.45, 7) is 6.53. The lowest BCUT2D eigenvalue weighted by Gasteiger charge is -2.15. The van der Waals surface area contributed by atoms with Crippen LogP contribution in [0, 0.1) is 0 Å². The zero-order valence-electron chi connectivity index (χ0n) is 14.9. The maximum absolute atomic E-state index is 13.0. The molecule has 2 aromatic carbocycles. The third kappa shape index (κ3) is 3.70. The van der Waals surface area contributed by atoms with Crippen LogP contribution in [0.4, 0.5) is 0 Å². The van der Waals surface area contributed by atoms with Crippen molar-refractivity contribution >= 4 is 31.5 Å². The number of hydrogen-bond donors (Lipinski definition) is 1. The second-order valence-electron chi connectivity index (χ2n) is 6.72. The summed E-state index contributed by atoms with van der Waals surface area (Å²) >= 11 is 1.66. The summed E-state index contributed by atoms with van der Waals surface area (Å²) in [5.74, 6) is 0.939. The summed E-state index contributed by atoms with van der Waals surface area (Å²) in [6, 6.07) is 11.6. The molecule has 25 heavy (non-hydrogen) atoms. The molecule has 1 atom stereocenters. The first-order valence-electron chi connectivity index (χ1n) is 8.81. The van der Waals surface area contributed by atoms with Crippen molar-refractivity contribution in [1.29, 1.82) is 0 Å². The SMILES string of the molecule is CCCC(O)COc1cc(C(C)C)c2sc3ccccc3c(=O)c2c1. The predicted molar refractivity (Wildman–Crippen MR) is 106 cm³/mol. The third-order valence-corrected chi connectivity index (χ3v) is 5.60. The van der Waals surface area contributed by atoms with E-state index in [1.807, 2.05) is 43.3 Å². The minimum atomic E-state index is -0.477. The lowest BCUT2D eigenvalue weighted by atomic mass is 10.0. The lowest BCUT2D eigenvalue weighted by molar-refractivity contribution is 0.0994. The van der Waals surface area contributed by atoms with Gasteiger partial charge in [-0.1, -0.05) is 39.3 Å². The monoisotopic (exact) mass is 356 g/mol. The Hall–Kier alpha value is -1.91. The molecular formula is C21H24O3S. The summed E-state index contributed by atoms with van der Waals surface area (Å²) in [7, 11) is 0. The van der Waals surface area contributed by atoms with Gasteiger partial charge >= 0.3 is 0 Å². The number of fused-ring (bicyclic) bond motifs is 2. The Morgan fingerprint density at radius 1 is 1.16 bits per heavy atom. The van der Waals surface area contributed by atoms with Crippen molar-refractivity contribution in [2.75, 3.05) is 6.61 Å². The van der Waals surface area contributed by atoms with E-state index >= 15 is 0 Å². The van der Waals surface area contributed by atoms with Crippen molar-refractivity contribution in [2.45, 2.75) is 45.6 Å². The molecule has 0 saturated carbocycles. The van der Waals surface area contributed by atoms with Gasteiger partial charge in [-0.05, 0) is 42.2 Å². The fourth-order valence-corrected chi connectivity index (χ4v) is 4.34. The van der Waals surface area contributed by atoms with E-state index in [0.29, 0.717) is 17.6 Å². The van der Waals surface area contributed by atoms with Gasteiger partial charge in [0.1, 0.15) is 12.4 Å². The van der Waals surface area contributed by atoms with Crippen LogP contribution in [0.15, 0.2) is 41.2 Å². The first kappa shape index (κ1) is 17.9. The number of aliphatic hydroxyl groups is 1. The van der Waals surface area contributed by atoms with E-state index in [2.05, 4.69) is 13.8 Å². The van der Waals surface area contributed by atoms with Crippen LogP contribution >= 0.6 is 11.3 Å². The highest BCUT2D eigenvalue weighted by Crippen LogP contribution is 2.34. The van der Waals surface area contributed by atoms with Crippen LogP contribution in [0.3, 0.4) is 0 Å². The zero-order chi connectivity index (χ0) is 18.0. The van der Waals surface area contributed by atoms with Crippen LogP contribution in [0.2, 0.25) is 0 Å². The Morgan fingerprint density at radius 2 is 1.92 bits per heavy atom. The molecule has 0 radical (unpaired) electrons. The Balaban J connectivity index is 2.13. The molecule has 4 heteroatoms. The van der Waals surface area contributed by atoms with Crippen molar-refractivity contribution in [3.8, 4) is 5.75 Å². The summed E-state index contributed by atoms with van der Waals surface area (Å²) in [5.41, 5.74) is 1.16. The molecule has 1 aromatic heterocycles. The van der Waals surface area contributed by atoms with Crippen molar-refractivity contribution in [2.24, 2.45) is 0 Å². The van der Waals surface area contributed by atoms with Gasteiger partial charge in [0, 0.05) is 20.2 Å². The van der Waals surface area contributed by atoms with Gasteiger partial charge in [0.05, 0.1) is 6.10 Å². The smallest absolute Gasteiger partial charge is 0.196 e. The van der Waals surface area contributed by atoms with Crippen LogP contribution < -0.4 is 10.2 Å².